The molecule has 0 fully saturated rings. The molecule has 0 saturated carbocycles. The number of amides is 1. The van der Waals surface area contributed by atoms with Crippen molar-refractivity contribution in [3.63, 3.8) is 0 Å². The lowest BCUT2D eigenvalue weighted by Gasteiger charge is -2.09. The van der Waals surface area contributed by atoms with E-state index in [0.29, 0.717) is 12.1 Å². The summed E-state index contributed by atoms with van der Waals surface area (Å²) in [6.07, 6.45) is 0.721. The van der Waals surface area contributed by atoms with Gasteiger partial charge in [0.25, 0.3) is 5.91 Å². The molecular formula is C12H13FN2O2. The average Bonchev–Trinajstić information content (AvgIpc) is 2.81. The van der Waals surface area contributed by atoms with Crippen LogP contribution in [0.4, 0.5) is 10.1 Å². The Hall–Kier alpha value is -1.91. The van der Waals surface area contributed by atoms with Gasteiger partial charge in [0.05, 0.1) is 5.71 Å². The highest BCUT2D eigenvalue weighted by Gasteiger charge is 2.27. The molecule has 1 atom stereocenters. The third kappa shape index (κ3) is 2.81. The predicted molar refractivity (Wildman–Crippen MR) is 62.2 cm³/mol. The molecule has 0 radical (unpaired) electrons. The number of oxime groups is 1. The van der Waals surface area contributed by atoms with E-state index in [1.54, 1.807) is 0 Å². The maximum Gasteiger partial charge on any atom is 0.268 e. The zero-order valence-electron chi connectivity index (χ0n) is 9.44. The van der Waals surface area contributed by atoms with Gasteiger partial charge in [-0.2, -0.15) is 0 Å². The number of benzene rings is 1. The molecule has 0 saturated heterocycles. The number of nitrogens with one attached hydrogen (secondary N) is 1. The van der Waals surface area contributed by atoms with E-state index in [1.807, 2.05) is 6.92 Å². The van der Waals surface area contributed by atoms with Crippen LogP contribution in [0.5, 0.6) is 0 Å². The van der Waals surface area contributed by atoms with Crippen LogP contribution in [0.15, 0.2) is 29.4 Å². The summed E-state index contributed by atoms with van der Waals surface area (Å²) in [5.74, 6) is -0.597. The summed E-state index contributed by atoms with van der Waals surface area (Å²) in [5, 5.41) is 6.46. The molecule has 4 nitrogen and oxygen atoms in total. The molecule has 5 heteroatoms. The summed E-state index contributed by atoms with van der Waals surface area (Å²) >= 11 is 0. The Labute approximate surface area is 98.5 Å². The highest BCUT2D eigenvalue weighted by atomic mass is 19.1. The van der Waals surface area contributed by atoms with Gasteiger partial charge in [-0.3, -0.25) is 4.79 Å². The minimum Gasteiger partial charge on any atom is -0.382 e. The van der Waals surface area contributed by atoms with E-state index >= 15 is 0 Å². The largest absolute Gasteiger partial charge is 0.382 e. The van der Waals surface area contributed by atoms with E-state index in [-0.39, 0.29) is 11.7 Å². The fourth-order valence-corrected chi connectivity index (χ4v) is 1.53. The minimum absolute atomic E-state index is 0.260. The first-order chi connectivity index (χ1) is 8.19. The lowest BCUT2D eigenvalue weighted by atomic mass is 10.1. The van der Waals surface area contributed by atoms with Crippen LogP contribution in [-0.4, -0.2) is 17.7 Å². The van der Waals surface area contributed by atoms with Gasteiger partial charge in [0.2, 0.25) is 6.10 Å². The van der Waals surface area contributed by atoms with Crippen LogP contribution >= 0.6 is 0 Å². The van der Waals surface area contributed by atoms with Crippen molar-refractivity contribution in [1.29, 1.82) is 0 Å². The molecule has 0 spiro atoms. The zero-order chi connectivity index (χ0) is 12.3. The molecule has 1 unspecified atom stereocenters. The van der Waals surface area contributed by atoms with Gasteiger partial charge < -0.3 is 10.2 Å². The Balaban J connectivity index is 1.92. The molecular weight excluding hydrogens is 223 g/mol. The van der Waals surface area contributed by atoms with Gasteiger partial charge in [0.15, 0.2) is 0 Å². The van der Waals surface area contributed by atoms with Crippen molar-refractivity contribution in [2.75, 3.05) is 5.32 Å². The van der Waals surface area contributed by atoms with Crippen molar-refractivity contribution in [3.8, 4) is 0 Å². The van der Waals surface area contributed by atoms with Crippen molar-refractivity contribution < 1.29 is 14.0 Å². The van der Waals surface area contributed by atoms with Crippen molar-refractivity contribution in [2.45, 2.75) is 25.9 Å². The van der Waals surface area contributed by atoms with Gasteiger partial charge in [0.1, 0.15) is 5.82 Å². The summed E-state index contributed by atoms with van der Waals surface area (Å²) in [4.78, 5) is 16.8. The van der Waals surface area contributed by atoms with E-state index in [2.05, 4.69) is 10.5 Å². The highest BCUT2D eigenvalue weighted by Crippen LogP contribution is 2.15. The number of nitrogens with zero attached hydrogens (tertiary/aromatic N) is 1. The normalized spacial score (nSPS) is 18.5. The summed E-state index contributed by atoms with van der Waals surface area (Å²) in [6.45, 7) is 1.96. The maximum absolute atomic E-state index is 12.7. The van der Waals surface area contributed by atoms with Gasteiger partial charge in [-0.05, 0) is 30.7 Å². The van der Waals surface area contributed by atoms with Gasteiger partial charge in [-0.25, -0.2) is 4.39 Å². The second kappa shape index (κ2) is 4.95. The summed E-state index contributed by atoms with van der Waals surface area (Å²) in [6, 6.07) is 5.59. The van der Waals surface area contributed by atoms with E-state index in [4.69, 9.17) is 4.84 Å². The number of rotatable bonds is 3. The van der Waals surface area contributed by atoms with Crippen LogP contribution < -0.4 is 5.32 Å². The van der Waals surface area contributed by atoms with Crippen molar-refractivity contribution in [3.05, 3.63) is 30.1 Å². The lowest BCUT2D eigenvalue weighted by molar-refractivity contribution is -0.125. The number of hydrogen-bond donors (Lipinski definition) is 1. The Bertz CT molecular complexity index is 442. The van der Waals surface area contributed by atoms with E-state index in [1.165, 1.54) is 24.3 Å². The van der Waals surface area contributed by atoms with Crippen molar-refractivity contribution in [2.24, 2.45) is 5.16 Å². The summed E-state index contributed by atoms with van der Waals surface area (Å²) in [7, 11) is 0. The topological polar surface area (TPSA) is 50.7 Å². The van der Waals surface area contributed by atoms with Gasteiger partial charge >= 0.3 is 0 Å². The third-order valence-electron chi connectivity index (χ3n) is 2.54. The Kier molecular flexibility index (Phi) is 3.37. The second-order valence-corrected chi connectivity index (χ2v) is 3.81. The molecule has 0 aliphatic carbocycles. The number of hydrogen-bond acceptors (Lipinski definition) is 3. The summed E-state index contributed by atoms with van der Waals surface area (Å²) < 4.78 is 12.7. The van der Waals surface area contributed by atoms with E-state index in [9.17, 15) is 9.18 Å². The van der Waals surface area contributed by atoms with Crippen LogP contribution in [0, 0.1) is 5.82 Å². The molecule has 0 bridgehead atoms. The van der Waals surface area contributed by atoms with Crippen LogP contribution in [0.3, 0.4) is 0 Å². The first-order valence-corrected chi connectivity index (χ1v) is 5.47. The first-order valence-electron chi connectivity index (χ1n) is 5.47. The third-order valence-corrected chi connectivity index (χ3v) is 2.54. The molecule has 17 heavy (non-hydrogen) atoms. The molecule has 1 aromatic carbocycles. The number of anilines is 1. The Morgan fingerprint density at radius 2 is 2.24 bits per heavy atom. The number of carbonyl (C=O) groups is 1. The molecule has 2 rings (SSSR count). The fraction of sp³-hybridized carbons (Fsp3) is 0.333. The molecule has 1 N–H and O–H groups in total. The maximum atomic E-state index is 12.7. The lowest BCUT2D eigenvalue weighted by Crippen LogP contribution is -2.27. The Morgan fingerprint density at radius 1 is 1.53 bits per heavy atom. The van der Waals surface area contributed by atoms with Crippen LogP contribution in [-0.2, 0) is 9.63 Å². The van der Waals surface area contributed by atoms with Crippen molar-refractivity contribution >= 4 is 17.3 Å². The molecule has 0 aromatic heterocycles. The van der Waals surface area contributed by atoms with Gasteiger partial charge in [-0.1, -0.05) is 12.1 Å². The summed E-state index contributed by atoms with van der Waals surface area (Å²) in [5.41, 5.74) is 1.43. The molecule has 1 aliphatic heterocycles. The first kappa shape index (κ1) is 11.6. The molecule has 90 valence electrons. The standard InChI is InChI=1S/C12H13FN2O2/c1-2-9-7-11(17-15-9)12(16)14-10-5-3-8(13)4-6-10/h3-6,11H,2,7H2,1H3,(H,14,16). The van der Waals surface area contributed by atoms with Crippen LogP contribution in [0.2, 0.25) is 0 Å². The average molecular weight is 236 g/mol. The minimum atomic E-state index is -0.574. The second-order valence-electron chi connectivity index (χ2n) is 3.81. The zero-order valence-corrected chi connectivity index (χ0v) is 9.44. The van der Waals surface area contributed by atoms with Crippen LogP contribution in [0.1, 0.15) is 19.8 Å². The smallest absolute Gasteiger partial charge is 0.268 e. The molecule has 1 heterocycles. The van der Waals surface area contributed by atoms with Crippen LogP contribution in [0.25, 0.3) is 0 Å². The SMILES string of the molecule is CCC1=NOC(C(=O)Nc2ccc(F)cc2)C1. The molecule has 1 amide bonds. The quantitative estimate of drug-likeness (QED) is 0.875. The Morgan fingerprint density at radius 3 is 2.82 bits per heavy atom. The predicted octanol–water partition coefficient (Wildman–Crippen LogP) is 2.32. The molecule has 1 aromatic rings. The van der Waals surface area contributed by atoms with Gasteiger partial charge in [-0.15, -0.1) is 0 Å². The van der Waals surface area contributed by atoms with E-state index < -0.39 is 6.10 Å². The number of halogens is 1. The monoisotopic (exact) mass is 236 g/mol. The molecule has 1 aliphatic rings. The van der Waals surface area contributed by atoms with Gasteiger partial charge in [0, 0.05) is 12.1 Å². The fourth-order valence-electron chi connectivity index (χ4n) is 1.53. The van der Waals surface area contributed by atoms with E-state index in [0.717, 1.165) is 12.1 Å². The van der Waals surface area contributed by atoms with Crippen molar-refractivity contribution in [1.82, 2.24) is 0 Å². The highest BCUT2D eigenvalue weighted by molar-refractivity contribution is 5.99. The number of carbonyl (C=O) groups excluding carboxylic acids is 1.